The van der Waals surface area contributed by atoms with Crippen molar-refractivity contribution in [2.75, 3.05) is 18.0 Å². The van der Waals surface area contributed by atoms with E-state index in [1.54, 1.807) is 0 Å². The van der Waals surface area contributed by atoms with Crippen molar-refractivity contribution in [2.24, 2.45) is 0 Å². The number of halogens is 2. The zero-order chi connectivity index (χ0) is 16.4. The lowest BCUT2D eigenvalue weighted by Gasteiger charge is -2.22. The number of nitrogens with zero attached hydrogens (tertiary/aromatic N) is 3. The highest BCUT2D eigenvalue weighted by molar-refractivity contribution is 5.86. The number of hydrogen-bond donors (Lipinski definition) is 1. The molecule has 4 rings (SSSR count). The summed E-state index contributed by atoms with van der Waals surface area (Å²) in [5.41, 5.74) is 1.36. The minimum atomic E-state index is 0. The lowest BCUT2D eigenvalue weighted by Crippen LogP contribution is -2.34. The van der Waals surface area contributed by atoms with Crippen LogP contribution >= 0.6 is 24.8 Å². The highest BCUT2D eigenvalue weighted by Gasteiger charge is 2.25. The Hall–Kier alpha value is -1.88. The van der Waals surface area contributed by atoms with Crippen molar-refractivity contribution in [3.05, 3.63) is 66.5 Å². The van der Waals surface area contributed by atoms with Crippen LogP contribution in [0.15, 0.2) is 60.9 Å². The van der Waals surface area contributed by atoms with Crippen LogP contribution in [0.3, 0.4) is 0 Å². The lowest BCUT2D eigenvalue weighted by molar-refractivity contribution is 0.483. The molecule has 1 aliphatic heterocycles. The standard InChI is InChI=1S/C20H22N4.2ClH/c1-15(18-9-4-7-16-6-2-3-8-19(16)18)23-17-10-13-24(14-17)20-21-11-5-12-22-20;;/h2-9,11-12,15,17,23H,10,13-14H2,1H3;2*1H. The minimum absolute atomic E-state index is 0. The van der Waals surface area contributed by atoms with Crippen molar-refractivity contribution in [1.29, 1.82) is 0 Å². The Kier molecular flexibility index (Phi) is 7.21. The van der Waals surface area contributed by atoms with Crippen molar-refractivity contribution >= 4 is 41.5 Å². The first-order valence-electron chi connectivity index (χ1n) is 8.57. The van der Waals surface area contributed by atoms with E-state index in [0.717, 1.165) is 25.5 Å². The molecule has 0 radical (unpaired) electrons. The van der Waals surface area contributed by atoms with Gasteiger partial charge in [-0.25, -0.2) is 9.97 Å². The number of rotatable bonds is 4. The Morgan fingerprint density at radius 2 is 1.73 bits per heavy atom. The largest absolute Gasteiger partial charge is 0.339 e. The maximum atomic E-state index is 4.36. The van der Waals surface area contributed by atoms with Crippen LogP contribution in [-0.2, 0) is 0 Å². The highest BCUT2D eigenvalue weighted by atomic mass is 35.5. The average molecular weight is 391 g/mol. The molecule has 3 aromatic rings. The van der Waals surface area contributed by atoms with Gasteiger partial charge in [-0.2, -0.15) is 0 Å². The summed E-state index contributed by atoms with van der Waals surface area (Å²) in [6.45, 7) is 4.21. The topological polar surface area (TPSA) is 41.0 Å². The number of anilines is 1. The quantitative estimate of drug-likeness (QED) is 0.716. The molecule has 138 valence electrons. The molecule has 2 heterocycles. The molecule has 1 aromatic heterocycles. The monoisotopic (exact) mass is 390 g/mol. The molecule has 0 saturated carbocycles. The van der Waals surface area contributed by atoms with E-state index in [4.69, 9.17) is 0 Å². The van der Waals surface area contributed by atoms with Crippen molar-refractivity contribution in [1.82, 2.24) is 15.3 Å². The first-order chi connectivity index (χ1) is 11.8. The molecule has 26 heavy (non-hydrogen) atoms. The van der Waals surface area contributed by atoms with Crippen LogP contribution < -0.4 is 10.2 Å². The Labute approximate surface area is 166 Å². The predicted octanol–water partition coefficient (Wildman–Crippen LogP) is 4.40. The Morgan fingerprint density at radius 3 is 2.54 bits per heavy atom. The zero-order valence-electron chi connectivity index (χ0n) is 14.7. The number of aromatic nitrogens is 2. The fourth-order valence-electron chi connectivity index (χ4n) is 3.60. The van der Waals surface area contributed by atoms with Crippen molar-refractivity contribution < 1.29 is 0 Å². The molecule has 0 amide bonds. The van der Waals surface area contributed by atoms with Gasteiger partial charge in [0.2, 0.25) is 5.95 Å². The third-order valence-electron chi connectivity index (χ3n) is 4.80. The number of hydrogen-bond acceptors (Lipinski definition) is 4. The zero-order valence-corrected chi connectivity index (χ0v) is 16.3. The summed E-state index contributed by atoms with van der Waals surface area (Å²) in [7, 11) is 0. The summed E-state index contributed by atoms with van der Waals surface area (Å²) in [6, 6.07) is 17.8. The molecule has 0 aliphatic carbocycles. The second-order valence-electron chi connectivity index (χ2n) is 6.44. The van der Waals surface area contributed by atoms with E-state index in [1.807, 2.05) is 18.5 Å². The lowest BCUT2D eigenvalue weighted by atomic mass is 9.99. The number of nitrogens with one attached hydrogen (secondary N) is 1. The van der Waals surface area contributed by atoms with Crippen molar-refractivity contribution in [3.63, 3.8) is 0 Å². The van der Waals surface area contributed by atoms with Crippen LogP contribution in [0.4, 0.5) is 5.95 Å². The maximum Gasteiger partial charge on any atom is 0.225 e. The van der Waals surface area contributed by atoms with E-state index >= 15 is 0 Å². The molecule has 6 heteroatoms. The second kappa shape index (κ2) is 9.17. The van der Waals surface area contributed by atoms with E-state index in [2.05, 4.69) is 69.6 Å². The van der Waals surface area contributed by atoms with Gasteiger partial charge in [0.05, 0.1) is 0 Å². The first-order valence-corrected chi connectivity index (χ1v) is 8.57. The van der Waals surface area contributed by atoms with Crippen molar-refractivity contribution in [3.8, 4) is 0 Å². The van der Waals surface area contributed by atoms with Crippen LogP contribution in [-0.4, -0.2) is 29.1 Å². The van der Waals surface area contributed by atoms with Gasteiger partial charge in [-0.1, -0.05) is 42.5 Å². The van der Waals surface area contributed by atoms with E-state index in [9.17, 15) is 0 Å². The van der Waals surface area contributed by atoms with Gasteiger partial charge in [-0.3, -0.25) is 0 Å². The van der Waals surface area contributed by atoms with Gasteiger partial charge < -0.3 is 10.2 Å². The van der Waals surface area contributed by atoms with E-state index in [0.29, 0.717) is 12.1 Å². The van der Waals surface area contributed by atoms with Gasteiger partial charge >= 0.3 is 0 Å². The van der Waals surface area contributed by atoms with Gasteiger partial charge in [0.1, 0.15) is 0 Å². The molecular formula is C20H24Cl2N4. The molecular weight excluding hydrogens is 367 g/mol. The Morgan fingerprint density at radius 1 is 1.00 bits per heavy atom. The van der Waals surface area contributed by atoms with Crippen LogP contribution in [0.25, 0.3) is 10.8 Å². The van der Waals surface area contributed by atoms with Gasteiger partial charge in [0.15, 0.2) is 0 Å². The SMILES string of the molecule is CC(NC1CCN(c2ncccn2)C1)c1cccc2ccccc12.Cl.Cl. The van der Waals surface area contributed by atoms with Crippen LogP contribution in [0.5, 0.6) is 0 Å². The fourth-order valence-corrected chi connectivity index (χ4v) is 3.60. The highest BCUT2D eigenvalue weighted by Crippen LogP contribution is 2.25. The smallest absolute Gasteiger partial charge is 0.225 e. The van der Waals surface area contributed by atoms with E-state index in [1.165, 1.54) is 16.3 Å². The van der Waals surface area contributed by atoms with Gasteiger partial charge in [0.25, 0.3) is 0 Å². The number of benzene rings is 2. The van der Waals surface area contributed by atoms with Crippen LogP contribution in [0.2, 0.25) is 0 Å². The Balaban J connectivity index is 0.00000121. The van der Waals surface area contributed by atoms with Gasteiger partial charge in [-0.15, -0.1) is 24.8 Å². The van der Waals surface area contributed by atoms with Crippen LogP contribution in [0, 0.1) is 0 Å². The first kappa shape index (κ1) is 20.4. The van der Waals surface area contributed by atoms with E-state index < -0.39 is 0 Å². The average Bonchev–Trinajstić information content (AvgIpc) is 3.10. The summed E-state index contributed by atoms with van der Waals surface area (Å²) < 4.78 is 0. The van der Waals surface area contributed by atoms with Crippen LogP contribution in [0.1, 0.15) is 24.9 Å². The van der Waals surface area contributed by atoms with Gasteiger partial charge in [-0.05, 0) is 35.7 Å². The normalized spacial score (nSPS) is 17.4. The summed E-state index contributed by atoms with van der Waals surface area (Å²) in [6.07, 6.45) is 4.73. The molecule has 2 unspecified atom stereocenters. The molecule has 0 spiro atoms. The molecule has 2 aromatic carbocycles. The maximum absolute atomic E-state index is 4.36. The molecule has 0 bridgehead atoms. The minimum Gasteiger partial charge on any atom is -0.339 e. The molecule has 1 aliphatic rings. The molecule has 1 N–H and O–H groups in total. The summed E-state index contributed by atoms with van der Waals surface area (Å²) in [5.74, 6) is 0.833. The third kappa shape index (κ3) is 4.26. The summed E-state index contributed by atoms with van der Waals surface area (Å²) in [5, 5.41) is 6.42. The summed E-state index contributed by atoms with van der Waals surface area (Å²) in [4.78, 5) is 11.0. The molecule has 4 nitrogen and oxygen atoms in total. The van der Waals surface area contributed by atoms with Gasteiger partial charge in [0, 0.05) is 37.6 Å². The Bertz CT molecular complexity index is 823. The molecule has 1 fully saturated rings. The predicted molar refractivity (Wildman–Crippen MR) is 113 cm³/mol. The summed E-state index contributed by atoms with van der Waals surface area (Å²) >= 11 is 0. The fraction of sp³-hybridized carbons (Fsp3) is 0.300. The number of fused-ring (bicyclic) bond motifs is 1. The molecule has 1 saturated heterocycles. The third-order valence-corrected chi connectivity index (χ3v) is 4.80. The molecule has 2 atom stereocenters. The second-order valence-corrected chi connectivity index (χ2v) is 6.44. The van der Waals surface area contributed by atoms with E-state index in [-0.39, 0.29) is 24.8 Å². The van der Waals surface area contributed by atoms with Crippen molar-refractivity contribution in [2.45, 2.75) is 25.4 Å².